The Kier molecular flexibility index (Phi) is 6.11. The van der Waals surface area contributed by atoms with Crippen molar-refractivity contribution in [1.29, 1.82) is 0 Å². The zero-order chi connectivity index (χ0) is 21.1. The Morgan fingerprint density at radius 1 is 1.17 bits per heavy atom. The summed E-state index contributed by atoms with van der Waals surface area (Å²) in [4.78, 5) is 15.0. The van der Waals surface area contributed by atoms with Crippen molar-refractivity contribution in [2.24, 2.45) is 0 Å². The summed E-state index contributed by atoms with van der Waals surface area (Å²) in [5, 5.41) is 12.5. The van der Waals surface area contributed by atoms with Gasteiger partial charge in [0.15, 0.2) is 0 Å². The fourth-order valence-corrected chi connectivity index (χ4v) is 4.80. The number of likely N-dealkylation sites (tertiary alicyclic amines) is 1. The number of nitrogens with zero attached hydrogens (tertiary/aromatic N) is 3. The monoisotopic (exact) mass is 422 g/mol. The summed E-state index contributed by atoms with van der Waals surface area (Å²) in [7, 11) is 1.61. The average molecular weight is 423 g/mol. The highest BCUT2D eigenvalue weighted by Gasteiger charge is 2.27. The molecule has 2 heterocycles. The molecule has 2 aromatic carbocycles. The molecule has 1 saturated heterocycles. The lowest BCUT2D eigenvalue weighted by Gasteiger charge is -2.24. The van der Waals surface area contributed by atoms with E-state index in [1.165, 1.54) is 34.4 Å². The van der Waals surface area contributed by atoms with Gasteiger partial charge in [0.05, 0.1) is 13.7 Å². The van der Waals surface area contributed by atoms with Crippen LogP contribution in [0.1, 0.15) is 50.4 Å². The molecule has 0 spiro atoms. The molecular weight excluding hydrogens is 396 g/mol. The molecule has 1 amide bonds. The maximum absolute atomic E-state index is 12.5. The number of carbonyl (C=O) groups excluding carboxylic acids is 1. The maximum atomic E-state index is 12.5. The van der Waals surface area contributed by atoms with Gasteiger partial charge >= 0.3 is 0 Å². The fraction of sp³-hybridized carbons (Fsp3) is 0.348. The lowest BCUT2D eigenvalue weighted by atomic mass is 10.00. The van der Waals surface area contributed by atoms with E-state index in [0.29, 0.717) is 23.3 Å². The smallest absolute Gasteiger partial charge is 0.286 e. The second kappa shape index (κ2) is 8.93. The third-order valence-electron chi connectivity index (χ3n) is 5.34. The van der Waals surface area contributed by atoms with E-state index in [4.69, 9.17) is 4.74 Å². The lowest BCUT2D eigenvalue weighted by molar-refractivity contribution is 0.102. The molecule has 6 nitrogen and oxygen atoms in total. The minimum absolute atomic E-state index is 0.240. The Labute approximate surface area is 180 Å². The molecule has 30 heavy (non-hydrogen) atoms. The Bertz CT molecular complexity index is 1010. The molecular formula is C23H26N4O2S. The third kappa shape index (κ3) is 4.68. The number of hydrogen-bond acceptors (Lipinski definition) is 6. The summed E-state index contributed by atoms with van der Waals surface area (Å²) < 4.78 is 5.14. The Balaban J connectivity index is 1.42. The molecule has 1 unspecified atom stereocenters. The number of anilines is 1. The van der Waals surface area contributed by atoms with Gasteiger partial charge in [-0.15, -0.1) is 10.2 Å². The molecule has 1 aliphatic rings. The van der Waals surface area contributed by atoms with Gasteiger partial charge in [0, 0.05) is 11.7 Å². The lowest BCUT2D eigenvalue weighted by Crippen LogP contribution is -2.22. The summed E-state index contributed by atoms with van der Waals surface area (Å²) in [6.45, 7) is 6.04. The van der Waals surface area contributed by atoms with E-state index in [-0.39, 0.29) is 5.91 Å². The second-order valence-corrected chi connectivity index (χ2v) is 8.80. The maximum Gasteiger partial charge on any atom is 0.286 e. The van der Waals surface area contributed by atoms with Crippen LogP contribution < -0.4 is 10.1 Å². The minimum Gasteiger partial charge on any atom is -0.497 e. The van der Waals surface area contributed by atoms with Crippen LogP contribution in [0.2, 0.25) is 0 Å². The molecule has 1 N–H and O–H groups in total. The molecule has 1 atom stereocenters. The zero-order valence-corrected chi connectivity index (χ0v) is 18.3. The predicted molar refractivity (Wildman–Crippen MR) is 119 cm³/mol. The second-order valence-electron chi connectivity index (χ2n) is 7.73. The van der Waals surface area contributed by atoms with Crippen LogP contribution in [0.15, 0.2) is 42.5 Å². The molecule has 0 aliphatic carbocycles. The van der Waals surface area contributed by atoms with Crippen LogP contribution in [-0.4, -0.2) is 34.7 Å². The Morgan fingerprint density at radius 3 is 2.60 bits per heavy atom. The fourth-order valence-electron chi connectivity index (χ4n) is 4.04. The predicted octanol–water partition coefficient (Wildman–Crippen LogP) is 4.75. The topological polar surface area (TPSA) is 67.3 Å². The molecule has 3 aromatic rings. The molecule has 156 valence electrons. The number of amides is 1. The van der Waals surface area contributed by atoms with E-state index in [9.17, 15) is 4.79 Å². The molecule has 0 bridgehead atoms. The summed E-state index contributed by atoms with van der Waals surface area (Å²) in [6.07, 6.45) is 2.31. The zero-order valence-electron chi connectivity index (χ0n) is 17.5. The van der Waals surface area contributed by atoms with Crippen molar-refractivity contribution >= 4 is 22.9 Å². The van der Waals surface area contributed by atoms with E-state index in [1.54, 1.807) is 19.2 Å². The van der Waals surface area contributed by atoms with Crippen LogP contribution in [0.4, 0.5) is 5.69 Å². The van der Waals surface area contributed by atoms with Crippen molar-refractivity contribution in [2.75, 3.05) is 19.0 Å². The summed E-state index contributed by atoms with van der Waals surface area (Å²) in [5.74, 6) is 0.506. The minimum atomic E-state index is -0.240. The normalized spacial score (nSPS) is 16.6. The van der Waals surface area contributed by atoms with Crippen molar-refractivity contribution in [1.82, 2.24) is 15.1 Å². The first kappa shape index (κ1) is 20.5. The van der Waals surface area contributed by atoms with Gasteiger partial charge in [-0.1, -0.05) is 40.7 Å². The Hall–Kier alpha value is -2.77. The first-order valence-corrected chi connectivity index (χ1v) is 10.9. The molecule has 4 rings (SSSR count). The number of aryl methyl sites for hydroxylation is 2. The van der Waals surface area contributed by atoms with Crippen molar-refractivity contribution in [3.63, 3.8) is 0 Å². The van der Waals surface area contributed by atoms with Crippen LogP contribution >= 0.6 is 11.3 Å². The van der Waals surface area contributed by atoms with Crippen molar-refractivity contribution in [2.45, 2.75) is 39.3 Å². The van der Waals surface area contributed by atoms with Crippen LogP contribution in [0.5, 0.6) is 5.75 Å². The summed E-state index contributed by atoms with van der Waals surface area (Å²) in [5.41, 5.74) is 4.66. The standard InChI is InChI=1S/C23H26N4O2S/c1-15-11-16(2)13-17(12-15)20-5-4-10-27(20)14-21-25-26-23(30-21)22(28)24-18-6-8-19(29-3)9-7-18/h6-9,11-13,20H,4-5,10,14H2,1-3H3,(H,24,28). The van der Waals surface area contributed by atoms with Crippen LogP contribution in [-0.2, 0) is 6.54 Å². The van der Waals surface area contributed by atoms with E-state index >= 15 is 0 Å². The number of aromatic nitrogens is 2. The van der Waals surface area contributed by atoms with Gasteiger partial charge in [0.1, 0.15) is 10.8 Å². The van der Waals surface area contributed by atoms with Gasteiger partial charge in [-0.2, -0.15) is 0 Å². The van der Waals surface area contributed by atoms with E-state index < -0.39 is 0 Å². The average Bonchev–Trinajstić information content (AvgIpc) is 3.38. The van der Waals surface area contributed by atoms with Crippen LogP contribution in [0.25, 0.3) is 0 Å². The number of hydrogen-bond donors (Lipinski definition) is 1. The van der Waals surface area contributed by atoms with Crippen LogP contribution in [0, 0.1) is 13.8 Å². The van der Waals surface area contributed by atoms with Crippen LogP contribution in [0.3, 0.4) is 0 Å². The van der Waals surface area contributed by atoms with E-state index in [0.717, 1.165) is 23.7 Å². The van der Waals surface area contributed by atoms with Gasteiger partial charge in [0.2, 0.25) is 5.01 Å². The molecule has 1 aliphatic heterocycles. The highest BCUT2D eigenvalue weighted by Crippen LogP contribution is 2.34. The van der Waals surface area contributed by atoms with Gasteiger partial charge in [0.25, 0.3) is 5.91 Å². The van der Waals surface area contributed by atoms with Gasteiger partial charge in [-0.05, 0) is 63.1 Å². The number of ether oxygens (including phenoxy) is 1. The number of benzene rings is 2. The van der Waals surface area contributed by atoms with Crippen molar-refractivity contribution in [3.8, 4) is 5.75 Å². The number of carbonyl (C=O) groups is 1. The third-order valence-corrected chi connectivity index (χ3v) is 6.25. The highest BCUT2D eigenvalue weighted by atomic mass is 32.1. The Morgan fingerprint density at radius 2 is 1.90 bits per heavy atom. The summed E-state index contributed by atoms with van der Waals surface area (Å²) >= 11 is 1.36. The first-order valence-electron chi connectivity index (χ1n) is 10.1. The number of nitrogens with one attached hydrogen (secondary N) is 1. The van der Waals surface area contributed by atoms with Gasteiger partial charge in [-0.25, -0.2) is 0 Å². The van der Waals surface area contributed by atoms with Crippen molar-refractivity contribution in [3.05, 3.63) is 69.2 Å². The van der Waals surface area contributed by atoms with Gasteiger partial charge in [-0.3, -0.25) is 9.69 Å². The molecule has 0 saturated carbocycles. The van der Waals surface area contributed by atoms with Gasteiger partial charge < -0.3 is 10.1 Å². The SMILES string of the molecule is COc1ccc(NC(=O)c2nnc(CN3CCCC3c3cc(C)cc(C)c3)s2)cc1. The van der Waals surface area contributed by atoms with Crippen molar-refractivity contribution < 1.29 is 9.53 Å². The summed E-state index contributed by atoms with van der Waals surface area (Å²) in [6, 6.07) is 14.4. The molecule has 1 aromatic heterocycles. The van der Waals surface area contributed by atoms with E-state index in [2.05, 4.69) is 52.5 Å². The largest absolute Gasteiger partial charge is 0.497 e. The molecule has 1 fully saturated rings. The first-order chi connectivity index (χ1) is 14.5. The van der Waals surface area contributed by atoms with E-state index in [1.807, 2.05) is 12.1 Å². The quantitative estimate of drug-likeness (QED) is 0.621. The molecule has 7 heteroatoms. The number of rotatable bonds is 6. The highest BCUT2D eigenvalue weighted by molar-refractivity contribution is 7.13. The molecule has 0 radical (unpaired) electrons. The number of methoxy groups -OCH3 is 1.